The quantitative estimate of drug-likeness (QED) is 0.688. The molecule has 0 bridgehead atoms. The van der Waals surface area contributed by atoms with Gasteiger partial charge in [0.1, 0.15) is 16.1 Å². The van der Waals surface area contributed by atoms with Gasteiger partial charge in [-0.3, -0.25) is 0 Å². The Balaban J connectivity index is 1.79. The summed E-state index contributed by atoms with van der Waals surface area (Å²) in [4.78, 5) is 8.30. The smallest absolute Gasteiger partial charge is 0.244 e. The fraction of sp³-hybridized carbons (Fsp3) is 0.267. The molecule has 0 spiro atoms. The van der Waals surface area contributed by atoms with Gasteiger partial charge >= 0.3 is 0 Å². The van der Waals surface area contributed by atoms with Gasteiger partial charge in [0.05, 0.1) is 11.4 Å². The van der Waals surface area contributed by atoms with Crippen molar-refractivity contribution < 1.29 is 17.3 Å². The molecular weight excluding hydrogens is 353 g/mol. The first-order valence-electron chi connectivity index (χ1n) is 7.07. The van der Waals surface area contributed by atoms with Crippen molar-refractivity contribution in [1.82, 2.24) is 15.1 Å². The molecule has 2 aromatic heterocycles. The van der Waals surface area contributed by atoms with Crippen LogP contribution in [0.15, 0.2) is 34.2 Å². The summed E-state index contributed by atoms with van der Waals surface area (Å²) in [6.07, 6.45) is 0. The highest BCUT2D eigenvalue weighted by Crippen LogP contribution is 2.28. The van der Waals surface area contributed by atoms with E-state index in [4.69, 9.17) is 4.52 Å². The molecule has 0 fully saturated rings. The van der Waals surface area contributed by atoms with Gasteiger partial charge < -0.3 is 4.52 Å². The van der Waals surface area contributed by atoms with Crippen LogP contribution in [-0.4, -0.2) is 23.5 Å². The van der Waals surface area contributed by atoms with E-state index in [9.17, 15) is 12.8 Å². The zero-order valence-corrected chi connectivity index (χ0v) is 14.6. The van der Waals surface area contributed by atoms with Crippen molar-refractivity contribution in [1.29, 1.82) is 0 Å². The fourth-order valence-electron chi connectivity index (χ4n) is 2.06. The topological polar surface area (TPSA) is 86.0 Å². The van der Waals surface area contributed by atoms with Gasteiger partial charge in [0, 0.05) is 10.9 Å². The normalized spacial score (nSPS) is 13.1. The molecular formula is C15H14FN3O3S2. The number of hydrogen-bond acceptors (Lipinski definition) is 7. The molecule has 0 saturated carbocycles. The zero-order valence-electron chi connectivity index (χ0n) is 12.9. The van der Waals surface area contributed by atoms with Crippen LogP contribution in [0.3, 0.4) is 0 Å². The van der Waals surface area contributed by atoms with Gasteiger partial charge in [-0.05, 0) is 38.1 Å². The van der Waals surface area contributed by atoms with E-state index in [1.807, 2.05) is 0 Å². The van der Waals surface area contributed by atoms with Crippen LogP contribution < -0.4 is 0 Å². The second-order valence-corrected chi connectivity index (χ2v) is 8.46. The molecule has 0 N–H and O–H groups in total. The zero-order chi connectivity index (χ0) is 17.3. The molecule has 0 amide bonds. The third-order valence-electron chi connectivity index (χ3n) is 3.42. The minimum Gasteiger partial charge on any atom is -0.338 e. The van der Waals surface area contributed by atoms with Gasteiger partial charge in [0.25, 0.3) is 0 Å². The van der Waals surface area contributed by atoms with Crippen molar-refractivity contribution in [3.05, 3.63) is 52.9 Å². The Morgan fingerprint density at radius 2 is 1.96 bits per heavy atom. The summed E-state index contributed by atoms with van der Waals surface area (Å²) in [6, 6.07) is 5.90. The number of hydrogen-bond donors (Lipinski definition) is 0. The van der Waals surface area contributed by atoms with Crippen LogP contribution in [0, 0.1) is 12.7 Å². The number of halogens is 1. The molecule has 6 nitrogen and oxygen atoms in total. The summed E-state index contributed by atoms with van der Waals surface area (Å²) >= 11 is 1.31. The van der Waals surface area contributed by atoms with Crippen molar-refractivity contribution in [3.63, 3.8) is 0 Å². The lowest BCUT2D eigenvalue weighted by Gasteiger charge is -2.07. The summed E-state index contributed by atoms with van der Waals surface area (Å²) in [7, 11) is -3.54. The first kappa shape index (κ1) is 16.7. The second-order valence-electron chi connectivity index (χ2n) is 5.28. The van der Waals surface area contributed by atoms with Crippen LogP contribution in [0.25, 0.3) is 10.6 Å². The molecule has 24 heavy (non-hydrogen) atoms. The molecule has 0 aliphatic rings. The lowest BCUT2D eigenvalue weighted by atomic mass is 10.2. The molecule has 126 valence electrons. The van der Waals surface area contributed by atoms with Gasteiger partial charge in [0.2, 0.25) is 5.89 Å². The highest BCUT2D eigenvalue weighted by Gasteiger charge is 2.28. The van der Waals surface area contributed by atoms with Gasteiger partial charge in [0.15, 0.2) is 15.7 Å². The van der Waals surface area contributed by atoms with Crippen molar-refractivity contribution in [3.8, 4) is 10.6 Å². The average molecular weight is 367 g/mol. The second kappa shape index (κ2) is 6.40. The summed E-state index contributed by atoms with van der Waals surface area (Å²) in [6.45, 7) is 3.14. The van der Waals surface area contributed by atoms with Crippen molar-refractivity contribution >= 4 is 21.2 Å². The lowest BCUT2D eigenvalue weighted by molar-refractivity contribution is 0.373. The number of aromatic nitrogens is 3. The van der Waals surface area contributed by atoms with E-state index in [0.29, 0.717) is 16.5 Å². The van der Waals surface area contributed by atoms with E-state index < -0.39 is 15.1 Å². The molecule has 1 aromatic carbocycles. The summed E-state index contributed by atoms with van der Waals surface area (Å²) < 4.78 is 42.9. The standard InChI is InChI=1S/C15H14FN3O3S2/c1-9(14-17-10(2)19-22-14)24(20,21)8-13-7-23-15(18-13)11-3-5-12(16)6-4-11/h3-7,9H,8H2,1-2H3/t9-/m1/s1. The third kappa shape index (κ3) is 3.51. The van der Waals surface area contributed by atoms with Gasteiger partial charge in [-0.2, -0.15) is 4.98 Å². The van der Waals surface area contributed by atoms with Crippen LogP contribution >= 0.6 is 11.3 Å². The number of sulfone groups is 1. The van der Waals surface area contributed by atoms with E-state index in [1.54, 1.807) is 24.4 Å². The maximum absolute atomic E-state index is 13.0. The third-order valence-corrected chi connectivity index (χ3v) is 6.34. The SMILES string of the molecule is Cc1noc([C@@H](C)S(=O)(=O)Cc2csc(-c3ccc(F)cc3)n2)n1. The minimum absolute atomic E-state index is 0.0708. The molecule has 0 saturated heterocycles. The fourth-order valence-corrected chi connectivity index (χ4v) is 4.21. The van der Waals surface area contributed by atoms with Crippen LogP contribution in [-0.2, 0) is 15.6 Å². The molecule has 3 aromatic rings. The van der Waals surface area contributed by atoms with E-state index in [1.165, 1.54) is 30.4 Å². The minimum atomic E-state index is -3.54. The Labute approximate surface area is 142 Å². The first-order valence-corrected chi connectivity index (χ1v) is 9.67. The molecule has 0 radical (unpaired) electrons. The van der Waals surface area contributed by atoms with Crippen LogP contribution in [0.5, 0.6) is 0 Å². The Kier molecular flexibility index (Phi) is 4.46. The van der Waals surface area contributed by atoms with E-state index in [0.717, 1.165) is 5.56 Å². The number of rotatable bonds is 5. The highest BCUT2D eigenvalue weighted by molar-refractivity contribution is 7.90. The molecule has 0 unspecified atom stereocenters. The van der Waals surface area contributed by atoms with E-state index in [2.05, 4.69) is 15.1 Å². The van der Waals surface area contributed by atoms with Crippen LogP contribution in [0.1, 0.15) is 29.6 Å². The van der Waals surface area contributed by atoms with Gasteiger partial charge in [-0.25, -0.2) is 17.8 Å². The Bertz CT molecular complexity index is 949. The number of benzene rings is 1. The van der Waals surface area contributed by atoms with E-state index in [-0.39, 0.29) is 17.5 Å². The van der Waals surface area contributed by atoms with E-state index >= 15 is 0 Å². The molecule has 1 atom stereocenters. The number of thiazole rings is 1. The molecule has 9 heteroatoms. The monoisotopic (exact) mass is 367 g/mol. The largest absolute Gasteiger partial charge is 0.338 e. The maximum Gasteiger partial charge on any atom is 0.244 e. The molecule has 3 rings (SSSR count). The molecule has 2 heterocycles. The van der Waals surface area contributed by atoms with Crippen molar-refractivity contribution in [2.75, 3.05) is 0 Å². The van der Waals surface area contributed by atoms with Crippen molar-refractivity contribution in [2.45, 2.75) is 24.9 Å². The van der Waals surface area contributed by atoms with Gasteiger partial charge in [-0.1, -0.05) is 5.16 Å². The maximum atomic E-state index is 13.0. The molecule has 0 aliphatic heterocycles. The van der Waals surface area contributed by atoms with Crippen molar-refractivity contribution in [2.24, 2.45) is 0 Å². The summed E-state index contributed by atoms with van der Waals surface area (Å²) in [5.74, 6) is -0.101. The lowest BCUT2D eigenvalue weighted by Crippen LogP contribution is -2.13. The summed E-state index contributed by atoms with van der Waals surface area (Å²) in [5, 5.41) is 5.03. The number of nitrogens with zero attached hydrogens (tertiary/aromatic N) is 3. The summed E-state index contributed by atoms with van der Waals surface area (Å²) in [5.41, 5.74) is 1.17. The Morgan fingerprint density at radius 3 is 2.58 bits per heavy atom. The van der Waals surface area contributed by atoms with Gasteiger partial charge in [-0.15, -0.1) is 11.3 Å². The first-order chi connectivity index (χ1) is 11.3. The number of aryl methyl sites for hydroxylation is 1. The van der Waals surface area contributed by atoms with Crippen LogP contribution in [0.2, 0.25) is 0 Å². The highest BCUT2D eigenvalue weighted by atomic mass is 32.2. The average Bonchev–Trinajstić information content (AvgIpc) is 3.16. The van der Waals surface area contributed by atoms with Crippen LogP contribution in [0.4, 0.5) is 4.39 Å². The predicted octanol–water partition coefficient (Wildman–Crippen LogP) is 3.32. The molecule has 0 aliphatic carbocycles. The predicted molar refractivity (Wildman–Crippen MR) is 87.6 cm³/mol. The Hall–Kier alpha value is -2.13. The Morgan fingerprint density at radius 1 is 1.25 bits per heavy atom.